The number of nitrogens with one attached hydrogen (secondary N) is 1. The molecule has 0 bridgehead atoms. The van der Waals surface area contributed by atoms with E-state index in [2.05, 4.69) is 19.2 Å². The first kappa shape index (κ1) is 15.1. The predicted molar refractivity (Wildman–Crippen MR) is 65.2 cm³/mol. The third-order valence-corrected chi connectivity index (χ3v) is 2.37. The summed E-state index contributed by atoms with van der Waals surface area (Å²) in [5.74, 6) is 0.0548. The van der Waals surface area contributed by atoms with Gasteiger partial charge in [0.15, 0.2) is 5.78 Å². The Morgan fingerprint density at radius 1 is 1.19 bits per heavy atom. The summed E-state index contributed by atoms with van der Waals surface area (Å²) >= 11 is 0. The molecule has 0 fully saturated rings. The van der Waals surface area contributed by atoms with Gasteiger partial charge in [0.1, 0.15) is 0 Å². The molecule has 1 N–H and O–H groups in total. The fraction of sp³-hybridized carbons (Fsp3) is 0.833. The minimum Gasteiger partial charge on any atom is -0.334 e. The van der Waals surface area contributed by atoms with Crippen molar-refractivity contribution in [1.82, 2.24) is 10.2 Å². The minimum atomic E-state index is -0.0421. The maximum Gasteiger partial charge on any atom is 0.219 e. The normalized spacial score (nSPS) is 10.9. The van der Waals surface area contributed by atoms with E-state index in [9.17, 15) is 9.59 Å². The second-order valence-electron chi connectivity index (χ2n) is 4.67. The third-order valence-electron chi connectivity index (χ3n) is 2.37. The van der Waals surface area contributed by atoms with Gasteiger partial charge >= 0.3 is 0 Å². The van der Waals surface area contributed by atoms with Crippen LogP contribution in [0.4, 0.5) is 0 Å². The fourth-order valence-corrected chi connectivity index (χ4v) is 1.21. The average molecular weight is 228 g/mol. The summed E-state index contributed by atoms with van der Waals surface area (Å²) < 4.78 is 0. The Hall–Kier alpha value is -0.900. The zero-order valence-corrected chi connectivity index (χ0v) is 11.0. The molecule has 0 rings (SSSR count). The van der Waals surface area contributed by atoms with Crippen molar-refractivity contribution in [2.75, 3.05) is 19.6 Å². The Bertz CT molecular complexity index is 237. The van der Waals surface area contributed by atoms with Gasteiger partial charge in [-0.25, -0.2) is 0 Å². The van der Waals surface area contributed by atoms with Crippen molar-refractivity contribution < 1.29 is 9.59 Å². The molecule has 0 saturated carbocycles. The molecule has 0 aliphatic carbocycles. The summed E-state index contributed by atoms with van der Waals surface area (Å²) in [7, 11) is 0. The zero-order valence-electron chi connectivity index (χ0n) is 11.0. The Morgan fingerprint density at radius 3 is 2.12 bits per heavy atom. The first-order valence-corrected chi connectivity index (χ1v) is 5.86. The Morgan fingerprint density at radius 2 is 1.75 bits per heavy atom. The van der Waals surface area contributed by atoms with Gasteiger partial charge in [0.05, 0.1) is 6.54 Å². The van der Waals surface area contributed by atoms with E-state index in [0.717, 1.165) is 6.54 Å². The van der Waals surface area contributed by atoms with Crippen LogP contribution in [-0.4, -0.2) is 42.3 Å². The molecule has 0 aromatic carbocycles. The lowest BCUT2D eigenvalue weighted by Crippen LogP contribution is -2.41. The van der Waals surface area contributed by atoms with Gasteiger partial charge in [-0.1, -0.05) is 27.7 Å². The SMILES string of the molecule is CC(=O)N(CCNC(C)C)CC(=O)C(C)C. The van der Waals surface area contributed by atoms with Gasteiger partial charge in [0, 0.05) is 32.0 Å². The molecule has 0 spiro atoms. The molecule has 0 unspecified atom stereocenters. The molecular weight excluding hydrogens is 204 g/mol. The van der Waals surface area contributed by atoms with Crippen LogP contribution in [0.15, 0.2) is 0 Å². The summed E-state index contributed by atoms with van der Waals surface area (Å²) in [5, 5.41) is 3.23. The van der Waals surface area contributed by atoms with Crippen LogP contribution in [-0.2, 0) is 9.59 Å². The second-order valence-corrected chi connectivity index (χ2v) is 4.67. The van der Waals surface area contributed by atoms with E-state index >= 15 is 0 Å². The minimum absolute atomic E-state index is 0.0140. The lowest BCUT2D eigenvalue weighted by atomic mass is 10.1. The molecule has 4 nitrogen and oxygen atoms in total. The van der Waals surface area contributed by atoms with Gasteiger partial charge in [-0.05, 0) is 0 Å². The Labute approximate surface area is 98.4 Å². The van der Waals surface area contributed by atoms with Crippen molar-refractivity contribution >= 4 is 11.7 Å². The highest BCUT2D eigenvalue weighted by molar-refractivity contribution is 5.86. The molecule has 0 saturated heterocycles. The summed E-state index contributed by atoms with van der Waals surface area (Å²) in [6.07, 6.45) is 0. The molecular formula is C12H24N2O2. The van der Waals surface area contributed by atoms with Gasteiger partial charge < -0.3 is 10.2 Å². The van der Waals surface area contributed by atoms with Crippen molar-refractivity contribution in [3.8, 4) is 0 Å². The van der Waals surface area contributed by atoms with Crippen LogP contribution < -0.4 is 5.32 Å². The molecule has 4 heteroatoms. The number of Topliss-reactive ketones (excluding diaryl/α,β-unsaturated/α-hetero) is 1. The lowest BCUT2D eigenvalue weighted by Gasteiger charge is -2.22. The monoisotopic (exact) mass is 228 g/mol. The molecule has 94 valence electrons. The number of hydrogen-bond donors (Lipinski definition) is 1. The fourth-order valence-electron chi connectivity index (χ4n) is 1.21. The number of ketones is 1. The Balaban J connectivity index is 4.08. The van der Waals surface area contributed by atoms with Crippen molar-refractivity contribution in [3.63, 3.8) is 0 Å². The molecule has 0 aromatic heterocycles. The molecule has 0 atom stereocenters. The second kappa shape index (κ2) is 7.39. The largest absolute Gasteiger partial charge is 0.334 e. The van der Waals surface area contributed by atoms with Crippen LogP contribution in [0.25, 0.3) is 0 Å². The maximum atomic E-state index is 11.5. The molecule has 0 aliphatic heterocycles. The smallest absolute Gasteiger partial charge is 0.219 e. The maximum absolute atomic E-state index is 11.5. The van der Waals surface area contributed by atoms with E-state index in [0.29, 0.717) is 12.6 Å². The van der Waals surface area contributed by atoms with E-state index in [4.69, 9.17) is 0 Å². The molecule has 0 radical (unpaired) electrons. The van der Waals surface area contributed by atoms with Gasteiger partial charge in [-0.15, -0.1) is 0 Å². The first-order chi connectivity index (χ1) is 7.34. The Kier molecular flexibility index (Phi) is 6.97. The van der Waals surface area contributed by atoms with Crippen molar-refractivity contribution in [2.24, 2.45) is 5.92 Å². The number of rotatable bonds is 7. The highest BCUT2D eigenvalue weighted by atomic mass is 16.2. The van der Waals surface area contributed by atoms with E-state index in [1.807, 2.05) is 13.8 Å². The molecule has 0 heterocycles. The predicted octanol–water partition coefficient (Wildman–Crippen LogP) is 1.06. The zero-order chi connectivity index (χ0) is 12.7. The number of nitrogens with zero attached hydrogens (tertiary/aromatic N) is 1. The van der Waals surface area contributed by atoms with Crippen molar-refractivity contribution in [2.45, 2.75) is 40.7 Å². The number of carbonyl (C=O) groups excluding carboxylic acids is 2. The van der Waals surface area contributed by atoms with E-state index in [1.165, 1.54) is 6.92 Å². The van der Waals surface area contributed by atoms with Gasteiger partial charge in [0.25, 0.3) is 0 Å². The van der Waals surface area contributed by atoms with Gasteiger partial charge in [-0.3, -0.25) is 9.59 Å². The standard InChI is InChI=1S/C12H24N2O2/c1-9(2)12(16)8-14(11(5)15)7-6-13-10(3)4/h9-10,13H,6-8H2,1-5H3. The topological polar surface area (TPSA) is 49.4 Å². The summed E-state index contributed by atoms with van der Waals surface area (Å²) in [6, 6.07) is 0.398. The van der Waals surface area contributed by atoms with E-state index < -0.39 is 0 Å². The van der Waals surface area contributed by atoms with Gasteiger partial charge in [-0.2, -0.15) is 0 Å². The van der Waals surface area contributed by atoms with Crippen LogP contribution in [0.3, 0.4) is 0 Å². The number of hydrogen-bond acceptors (Lipinski definition) is 3. The van der Waals surface area contributed by atoms with Crippen LogP contribution in [0.1, 0.15) is 34.6 Å². The molecule has 16 heavy (non-hydrogen) atoms. The van der Waals surface area contributed by atoms with Crippen molar-refractivity contribution in [3.05, 3.63) is 0 Å². The number of carbonyl (C=O) groups is 2. The van der Waals surface area contributed by atoms with Crippen LogP contribution in [0.2, 0.25) is 0 Å². The molecule has 0 aliphatic rings. The third kappa shape index (κ3) is 6.56. The number of amides is 1. The van der Waals surface area contributed by atoms with E-state index in [1.54, 1.807) is 4.90 Å². The lowest BCUT2D eigenvalue weighted by molar-refractivity contribution is -0.134. The van der Waals surface area contributed by atoms with E-state index in [-0.39, 0.29) is 24.2 Å². The summed E-state index contributed by atoms with van der Waals surface area (Å²) in [5.41, 5.74) is 0. The van der Waals surface area contributed by atoms with Crippen molar-refractivity contribution in [1.29, 1.82) is 0 Å². The molecule has 0 aromatic rings. The van der Waals surface area contributed by atoms with Gasteiger partial charge in [0.2, 0.25) is 5.91 Å². The summed E-state index contributed by atoms with van der Waals surface area (Å²) in [4.78, 5) is 24.5. The van der Waals surface area contributed by atoms with Crippen LogP contribution in [0, 0.1) is 5.92 Å². The quantitative estimate of drug-likeness (QED) is 0.709. The average Bonchev–Trinajstić information content (AvgIpc) is 2.14. The highest BCUT2D eigenvalue weighted by Crippen LogP contribution is 1.98. The first-order valence-electron chi connectivity index (χ1n) is 5.86. The van der Waals surface area contributed by atoms with Crippen LogP contribution in [0.5, 0.6) is 0 Å². The highest BCUT2D eigenvalue weighted by Gasteiger charge is 2.15. The van der Waals surface area contributed by atoms with Crippen LogP contribution >= 0.6 is 0 Å². The molecule has 1 amide bonds. The summed E-state index contributed by atoms with van der Waals surface area (Å²) in [6.45, 7) is 10.9.